The molecule has 17 heteroatoms. The lowest BCUT2D eigenvalue weighted by atomic mass is 9.92. The first-order valence-corrected chi connectivity index (χ1v) is 11.1. The standard InChI is InChI=1S/C26H5F10N5O2/c1-5(2-37)25-40-21-9(7-11(27)15(31)19(35)16(32)12(7)28)24-22(41-26(43-24)6(3-38)4-39)10(23(21)42-25)8-13(29)17(33)20(36)18(34)14(8)30/h40-41H,1H3/b25-5-. The van der Waals surface area contributed by atoms with Crippen LogP contribution in [0.1, 0.15) is 6.92 Å². The minimum absolute atomic E-state index is 0.381. The van der Waals surface area contributed by atoms with E-state index < -0.39 is 121 Å². The van der Waals surface area contributed by atoms with Crippen molar-refractivity contribution in [1.82, 2.24) is 0 Å². The van der Waals surface area contributed by atoms with Gasteiger partial charge in [0.2, 0.25) is 23.4 Å². The van der Waals surface area contributed by atoms with E-state index in [0.717, 1.165) is 6.92 Å². The summed E-state index contributed by atoms with van der Waals surface area (Å²) in [5, 5.41) is 32.2. The molecular weight excluding hydrogens is 604 g/mol. The summed E-state index contributed by atoms with van der Waals surface area (Å²) < 4.78 is 156. The summed E-state index contributed by atoms with van der Waals surface area (Å²) in [7, 11) is 0. The second-order valence-electron chi connectivity index (χ2n) is 8.50. The molecule has 0 spiro atoms. The Hall–Kier alpha value is -5.89. The van der Waals surface area contributed by atoms with Gasteiger partial charge in [-0.15, -0.1) is 0 Å². The number of nitrogens with zero attached hydrogens (tertiary/aromatic N) is 3. The van der Waals surface area contributed by atoms with Crippen LogP contribution in [0.2, 0.25) is 0 Å². The second-order valence-corrected chi connectivity index (χ2v) is 8.50. The molecule has 2 aliphatic rings. The summed E-state index contributed by atoms with van der Waals surface area (Å²) in [6.45, 7) is 1.08. The van der Waals surface area contributed by atoms with Gasteiger partial charge in [0.05, 0.1) is 45.3 Å². The van der Waals surface area contributed by atoms with Gasteiger partial charge >= 0.3 is 0 Å². The Labute approximate surface area is 231 Å². The lowest BCUT2D eigenvalue weighted by Gasteiger charge is -2.18. The molecule has 3 aromatic carbocycles. The highest BCUT2D eigenvalue weighted by molar-refractivity contribution is 6.05. The largest absolute Gasteiger partial charge is 0.437 e. The van der Waals surface area contributed by atoms with E-state index in [4.69, 9.17) is 9.47 Å². The van der Waals surface area contributed by atoms with Crippen LogP contribution in [-0.4, -0.2) is 0 Å². The predicted octanol–water partition coefficient (Wildman–Crippen LogP) is 7.03. The van der Waals surface area contributed by atoms with Crippen molar-refractivity contribution < 1.29 is 53.4 Å². The maximum atomic E-state index is 15.1. The number of benzene rings is 3. The van der Waals surface area contributed by atoms with Crippen LogP contribution in [-0.2, 0) is 0 Å². The van der Waals surface area contributed by atoms with Crippen molar-refractivity contribution in [2.24, 2.45) is 0 Å². The number of allylic oxidation sites excluding steroid dienone is 2. The fraction of sp³-hybridized carbons (Fsp3) is 0.0385. The summed E-state index contributed by atoms with van der Waals surface area (Å²) in [6.07, 6.45) is 0. The van der Waals surface area contributed by atoms with Crippen molar-refractivity contribution in [3.05, 3.63) is 81.1 Å². The summed E-state index contributed by atoms with van der Waals surface area (Å²) >= 11 is 0. The highest BCUT2D eigenvalue weighted by atomic mass is 19.2. The third-order valence-corrected chi connectivity index (χ3v) is 6.17. The van der Waals surface area contributed by atoms with E-state index >= 15 is 17.6 Å². The van der Waals surface area contributed by atoms with E-state index in [2.05, 4.69) is 10.6 Å². The summed E-state index contributed by atoms with van der Waals surface area (Å²) in [4.78, 5) is 0. The minimum atomic E-state index is -2.58. The van der Waals surface area contributed by atoms with E-state index in [9.17, 15) is 42.1 Å². The first-order chi connectivity index (χ1) is 20.3. The molecule has 0 bridgehead atoms. The molecule has 0 aliphatic carbocycles. The molecule has 2 heterocycles. The number of ether oxygens (including phenoxy) is 2. The van der Waals surface area contributed by atoms with Crippen molar-refractivity contribution in [3.63, 3.8) is 0 Å². The quantitative estimate of drug-likeness (QED) is 0.139. The summed E-state index contributed by atoms with van der Waals surface area (Å²) in [5.41, 5.74) is -9.02. The highest BCUT2D eigenvalue weighted by Gasteiger charge is 2.43. The predicted molar refractivity (Wildman–Crippen MR) is 122 cm³/mol. The average molecular weight is 609 g/mol. The van der Waals surface area contributed by atoms with Gasteiger partial charge in [0.1, 0.15) is 12.1 Å². The van der Waals surface area contributed by atoms with Gasteiger partial charge in [0, 0.05) is 0 Å². The topological polar surface area (TPSA) is 114 Å². The minimum Gasteiger partial charge on any atom is -0.437 e. The van der Waals surface area contributed by atoms with Gasteiger partial charge in [-0.05, 0) is 6.92 Å². The number of nitrogens with one attached hydrogen (secondary N) is 2. The van der Waals surface area contributed by atoms with Crippen LogP contribution in [0.3, 0.4) is 0 Å². The Morgan fingerprint density at radius 2 is 0.814 bits per heavy atom. The SMILES string of the molecule is C/C(C#N)=C1\Nc2c(c(-c3c(F)c(F)c(F)c(F)c3F)c3c(c2-c2c(F)c(F)c(F)c(F)c2F)OC(=C(C#N)C#N)N3)O1. The van der Waals surface area contributed by atoms with E-state index in [1.807, 2.05) is 0 Å². The average Bonchev–Trinajstić information content (AvgIpc) is 3.63. The molecule has 7 nitrogen and oxygen atoms in total. The van der Waals surface area contributed by atoms with E-state index in [1.54, 1.807) is 6.07 Å². The molecule has 0 amide bonds. The third-order valence-electron chi connectivity index (χ3n) is 6.17. The fourth-order valence-electron chi connectivity index (χ4n) is 4.22. The van der Waals surface area contributed by atoms with Crippen molar-refractivity contribution >= 4 is 11.4 Å². The molecule has 43 heavy (non-hydrogen) atoms. The number of hydrogen-bond donors (Lipinski definition) is 2. The molecule has 0 unspecified atom stereocenters. The number of rotatable bonds is 2. The fourth-order valence-corrected chi connectivity index (χ4v) is 4.22. The number of anilines is 2. The molecular formula is C26H5F10N5O2. The zero-order chi connectivity index (χ0) is 31.7. The van der Waals surface area contributed by atoms with Crippen molar-refractivity contribution in [1.29, 1.82) is 15.8 Å². The molecule has 0 atom stereocenters. The molecule has 0 radical (unpaired) electrons. The Morgan fingerprint density at radius 3 is 1.16 bits per heavy atom. The van der Waals surface area contributed by atoms with Crippen molar-refractivity contribution in [2.45, 2.75) is 6.92 Å². The molecule has 0 aromatic heterocycles. The Morgan fingerprint density at radius 1 is 0.488 bits per heavy atom. The maximum Gasteiger partial charge on any atom is 0.226 e. The molecule has 2 N–H and O–H groups in total. The third kappa shape index (κ3) is 3.88. The van der Waals surface area contributed by atoms with Gasteiger partial charge in [0.25, 0.3) is 0 Å². The molecule has 0 fully saturated rings. The zero-order valence-corrected chi connectivity index (χ0v) is 20.4. The molecule has 0 saturated carbocycles. The van der Waals surface area contributed by atoms with Gasteiger partial charge in [-0.2, -0.15) is 15.8 Å². The van der Waals surface area contributed by atoms with Gasteiger partial charge in [0.15, 0.2) is 63.6 Å². The second kappa shape index (κ2) is 9.88. The van der Waals surface area contributed by atoms with Crippen LogP contribution < -0.4 is 20.1 Å². The van der Waals surface area contributed by atoms with E-state index in [-0.39, 0.29) is 5.57 Å². The van der Waals surface area contributed by atoms with Crippen molar-refractivity contribution in [2.75, 3.05) is 10.6 Å². The number of fused-ring (bicyclic) bond motifs is 2. The first-order valence-electron chi connectivity index (χ1n) is 11.1. The Balaban J connectivity index is 2.06. The smallest absolute Gasteiger partial charge is 0.226 e. The van der Waals surface area contributed by atoms with Gasteiger partial charge in [-0.25, -0.2) is 43.9 Å². The molecule has 216 valence electrons. The van der Waals surface area contributed by atoms with Crippen LogP contribution in [0.5, 0.6) is 11.5 Å². The van der Waals surface area contributed by atoms with Gasteiger partial charge < -0.3 is 20.1 Å². The van der Waals surface area contributed by atoms with Crippen molar-refractivity contribution in [3.8, 4) is 52.0 Å². The zero-order valence-electron chi connectivity index (χ0n) is 20.4. The van der Waals surface area contributed by atoms with Gasteiger partial charge in [-0.3, -0.25) is 0 Å². The first kappa shape index (κ1) is 28.6. The summed E-state index contributed by atoms with van der Waals surface area (Å²) in [6, 6.07) is 4.25. The summed E-state index contributed by atoms with van der Waals surface area (Å²) in [5.74, 6) is -28.6. The molecule has 3 aromatic rings. The molecule has 2 aliphatic heterocycles. The van der Waals surface area contributed by atoms with Crippen LogP contribution >= 0.6 is 0 Å². The lowest BCUT2D eigenvalue weighted by molar-refractivity contribution is 0.380. The van der Waals surface area contributed by atoms with Crippen LogP contribution in [0.25, 0.3) is 22.3 Å². The van der Waals surface area contributed by atoms with Crippen LogP contribution in [0.15, 0.2) is 22.9 Å². The van der Waals surface area contributed by atoms with Gasteiger partial charge in [-0.1, -0.05) is 0 Å². The van der Waals surface area contributed by atoms with Crippen LogP contribution in [0.4, 0.5) is 55.3 Å². The normalized spacial score (nSPS) is 13.9. The highest BCUT2D eigenvalue weighted by Crippen LogP contribution is 2.61. The van der Waals surface area contributed by atoms with Crippen LogP contribution in [0, 0.1) is 92.2 Å². The monoisotopic (exact) mass is 609 g/mol. The Bertz CT molecular complexity index is 1850. The molecule has 0 saturated heterocycles. The molecule has 5 rings (SSSR count). The van der Waals surface area contributed by atoms with E-state index in [1.165, 1.54) is 12.1 Å². The lowest BCUT2D eigenvalue weighted by Crippen LogP contribution is -2.07. The maximum absolute atomic E-state index is 15.1. The Kier molecular flexibility index (Phi) is 6.58. The number of nitriles is 3. The number of hydrogen-bond acceptors (Lipinski definition) is 7. The number of halogens is 10. The van der Waals surface area contributed by atoms with E-state index in [0.29, 0.717) is 0 Å².